The maximum absolute atomic E-state index is 12.4. The van der Waals surface area contributed by atoms with E-state index in [1.165, 1.54) is 6.07 Å². The van der Waals surface area contributed by atoms with Crippen molar-refractivity contribution in [1.29, 1.82) is 0 Å². The van der Waals surface area contributed by atoms with Gasteiger partial charge in [-0.15, -0.1) is 0 Å². The van der Waals surface area contributed by atoms with Crippen LogP contribution in [0, 0.1) is 0 Å². The molecule has 7 heteroatoms. The Hall–Kier alpha value is -1.15. The van der Waals surface area contributed by atoms with Crippen LogP contribution < -0.4 is 4.72 Å². The highest BCUT2D eigenvalue weighted by Crippen LogP contribution is 2.23. The van der Waals surface area contributed by atoms with E-state index >= 15 is 0 Å². The summed E-state index contributed by atoms with van der Waals surface area (Å²) in [6.45, 7) is 1.56. The molecule has 21 heavy (non-hydrogen) atoms. The number of halogens is 1. The number of aliphatic hydroxyl groups excluding tert-OH is 1. The fraction of sp³-hybridized carbons (Fsp3) is 0.286. The predicted molar refractivity (Wildman–Crippen MR) is 82.3 cm³/mol. The van der Waals surface area contributed by atoms with Crippen molar-refractivity contribution in [2.75, 3.05) is 0 Å². The van der Waals surface area contributed by atoms with Gasteiger partial charge in [0.25, 0.3) is 0 Å². The lowest BCUT2D eigenvalue weighted by atomic mass is 10.2. The van der Waals surface area contributed by atoms with Gasteiger partial charge in [-0.1, -0.05) is 6.07 Å². The SMILES string of the molecule is CC(Cc1ccco1)NS(=O)(=O)c1cc(CO)ccc1Br. The molecule has 0 spiro atoms. The van der Waals surface area contributed by atoms with Gasteiger partial charge in [0, 0.05) is 16.9 Å². The monoisotopic (exact) mass is 373 g/mol. The zero-order chi connectivity index (χ0) is 15.5. The lowest BCUT2D eigenvalue weighted by Gasteiger charge is -2.14. The molecule has 0 aliphatic carbocycles. The van der Waals surface area contributed by atoms with Crippen molar-refractivity contribution in [1.82, 2.24) is 4.72 Å². The third-order valence-corrected chi connectivity index (χ3v) is 5.49. The molecule has 0 bridgehead atoms. The predicted octanol–water partition coefficient (Wildman–Crippen LogP) is 2.44. The van der Waals surface area contributed by atoms with Gasteiger partial charge in [-0.25, -0.2) is 13.1 Å². The van der Waals surface area contributed by atoms with Crippen LogP contribution in [0.4, 0.5) is 0 Å². The van der Waals surface area contributed by atoms with E-state index < -0.39 is 10.0 Å². The summed E-state index contributed by atoms with van der Waals surface area (Å²) in [6.07, 6.45) is 2.02. The Morgan fingerprint density at radius 2 is 2.14 bits per heavy atom. The van der Waals surface area contributed by atoms with Crippen molar-refractivity contribution in [3.63, 3.8) is 0 Å². The quantitative estimate of drug-likeness (QED) is 0.814. The van der Waals surface area contributed by atoms with Crippen molar-refractivity contribution in [3.8, 4) is 0 Å². The molecule has 0 saturated heterocycles. The first kappa shape index (κ1) is 16.2. The van der Waals surface area contributed by atoms with Crippen molar-refractivity contribution >= 4 is 26.0 Å². The first-order valence-corrected chi connectivity index (χ1v) is 8.64. The summed E-state index contributed by atoms with van der Waals surface area (Å²) in [5.74, 6) is 0.716. The van der Waals surface area contributed by atoms with E-state index in [4.69, 9.17) is 9.52 Å². The Bertz CT molecular complexity index is 698. The lowest BCUT2D eigenvalue weighted by Crippen LogP contribution is -2.34. The molecule has 0 amide bonds. The molecule has 1 aromatic carbocycles. The van der Waals surface area contributed by atoms with E-state index in [1.54, 1.807) is 37.5 Å². The van der Waals surface area contributed by atoms with Gasteiger partial charge in [0.15, 0.2) is 0 Å². The molecule has 0 fully saturated rings. The van der Waals surface area contributed by atoms with Crippen LogP contribution >= 0.6 is 15.9 Å². The average molecular weight is 374 g/mol. The van der Waals surface area contributed by atoms with E-state index in [0.29, 0.717) is 22.2 Å². The number of benzene rings is 1. The fourth-order valence-electron chi connectivity index (χ4n) is 1.95. The van der Waals surface area contributed by atoms with E-state index in [9.17, 15) is 8.42 Å². The summed E-state index contributed by atoms with van der Waals surface area (Å²) < 4.78 is 33.1. The van der Waals surface area contributed by atoms with Gasteiger partial charge in [-0.2, -0.15) is 0 Å². The Labute approximate surface area is 132 Å². The van der Waals surface area contributed by atoms with Crippen LogP contribution in [0.25, 0.3) is 0 Å². The summed E-state index contributed by atoms with van der Waals surface area (Å²) in [4.78, 5) is 0.111. The van der Waals surface area contributed by atoms with Crippen molar-refractivity contribution < 1.29 is 17.9 Å². The second-order valence-electron chi connectivity index (χ2n) is 4.73. The van der Waals surface area contributed by atoms with Crippen molar-refractivity contribution in [2.24, 2.45) is 0 Å². The molecule has 114 valence electrons. The minimum atomic E-state index is -3.68. The van der Waals surface area contributed by atoms with Gasteiger partial charge in [0.2, 0.25) is 10.0 Å². The van der Waals surface area contributed by atoms with Crippen molar-refractivity contribution in [2.45, 2.75) is 30.9 Å². The standard InChI is InChI=1S/C14H16BrNO4S/c1-10(7-12-3-2-6-20-12)16-21(18,19)14-8-11(9-17)4-5-13(14)15/h2-6,8,10,16-17H,7,9H2,1H3. The molecule has 1 unspecified atom stereocenters. The van der Waals surface area contributed by atoms with E-state index in [1.807, 2.05) is 0 Å². The largest absolute Gasteiger partial charge is 0.469 e. The van der Waals surface area contributed by atoms with Crippen LogP contribution in [0.3, 0.4) is 0 Å². The minimum Gasteiger partial charge on any atom is -0.469 e. The Kier molecular flexibility index (Phi) is 5.21. The zero-order valence-electron chi connectivity index (χ0n) is 11.4. The first-order chi connectivity index (χ1) is 9.92. The van der Waals surface area contributed by atoms with E-state index in [2.05, 4.69) is 20.7 Å². The van der Waals surface area contributed by atoms with Gasteiger partial charge in [-0.3, -0.25) is 0 Å². The van der Waals surface area contributed by atoms with Crippen LogP contribution in [-0.4, -0.2) is 19.6 Å². The molecule has 2 rings (SSSR count). The number of nitrogens with one attached hydrogen (secondary N) is 1. The number of furan rings is 1. The normalized spacial score (nSPS) is 13.3. The molecule has 5 nitrogen and oxygen atoms in total. The average Bonchev–Trinajstić information content (AvgIpc) is 2.91. The molecule has 2 aromatic rings. The van der Waals surface area contributed by atoms with Crippen LogP contribution in [0.2, 0.25) is 0 Å². The number of hydrogen-bond donors (Lipinski definition) is 2. The molecule has 1 aromatic heterocycles. The Morgan fingerprint density at radius 1 is 1.38 bits per heavy atom. The molecule has 1 atom stereocenters. The Morgan fingerprint density at radius 3 is 2.76 bits per heavy atom. The number of hydrogen-bond acceptors (Lipinski definition) is 4. The minimum absolute atomic E-state index is 0.111. The van der Waals surface area contributed by atoms with Gasteiger partial charge in [-0.05, 0) is 52.7 Å². The highest BCUT2D eigenvalue weighted by molar-refractivity contribution is 9.10. The molecule has 0 aliphatic heterocycles. The summed E-state index contributed by atoms with van der Waals surface area (Å²) in [5.41, 5.74) is 0.539. The molecular formula is C14H16BrNO4S. The summed E-state index contributed by atoms with van der Waals surface area (Å²) in [7, 11) is -3.68. The van der Waals surface area contributed by atoms with Crippen LogP contribution in [-0.2, 0) is 23.1 Å². The van der Waals surface area contributed by atoms with Gasteiger partial charge < -0.3 is 9.52 Å². The third kappa shape index (κ3) is 4.16. The van der Waals surface area contributed by atoms with Crippen molar-refractivity contribution in [3.05, 3.63) is 52.4 Å². The highest BCUT2D eigenvalue weighted by Gasteiger charge is 2.21. The van der Waals surface area contributed by atoms with Gasteiger partial charge in [0.05, 0.1) is 17.8 Å². The third-order valence-electron chi connectivity index (χ3n) is 2.91. The zero-order valence-corrected chi connectivity index (χ0v) is 13.8. The van der Waals surface area contributed by atoms with Crippen LogP contribution in [0.5, 0.6) is 0 Å². The summed E-state index contributed by atoms with van der Waals surface area (Å²) in [5, 5.41) is 9.13. The summed E-state index contributed by atoms with van der Waals surface area (Å²) in [6, 6.07) is 7.97. The molecule has 0 saturated carbocycles. The number of rotatable bonds is 6. The fourth-order valence-corrected chi connectivity index (χ4v) is 4.21. The highest BCUT2D eigenvalue weighted by atomic mass is 79.9. The van der Waals surface area contributed by atoms with Gasteiger partial charge >= 0.3 is 0 Å². The number of aliphatic hydroxyl groups is 1. The summed E-state index contributed by atoms with van der Waals surface area (Å²) >= 11 is 3.23. The maximum Gasteiger partial charge on any atom is 0.241 e. The maximum atomic E-state index is 12.4. The molecule has 0 aliphatic rings. The van der Waals surface area contributed by atoms with E-state index in [0.717, 1.165) is 0 Å². The van der Waals surface area contributed by atoms with Gasteiger partial charge in [0.1, 0.15) is 5.76 Å². The topological polar surface area (TPSA) is 79.5 Å². The van der Waals surface area contributed by atoms with Crippen LogP contribution in [0.15, 0.2) is 50.4 Å². The smallest absolute Gasteiger partial charge is 0.241 e. The second-order valence-corrected chi connectivity index (χ2v) is 7.27. The van der Waals surface area contributed by atoms with E-state index in [-0.39, 0.29) is 17.5 Å². The first-order valence-electron chi connectivity index (χ1n) is 6.36. The molecule has 0 radical (unpaired) electrons. The molecular weight excluding hydrogens is 358 g/mol. The molecule has 2 N–H and O–H groups in total. The Balaban J connectivity index is 2.18. The van der Waals surface area contributed by atoms with Crippen LogP contribution in [0.1, 0.15) is 18.2 Å². The second kappa shape index (κ2) is 6.74. The molecule has 1 heterocycles. The lowest BCUT2D eigenvalue weighted by molar-refractivity contribution is 0.281. The number of sulfonamides is 1.